The molecule has 3 aromatic rings. The van der Waals surface area contributed by atoms with E-state index in [2.05, 4.69) is 15.6 Å². The third kappa shape index (κ3) is 9.64. The molecule has 1 heterocycles. The van der Waals surface area contributed by atoms with Gasteiger partial charge in [-0.25, -0.2) is 4.79 Å². The average molecular weight is 620 g/mol. The fourth-order valence-electron chi connectivity index (χ4n) is 4.59. The number of hydrogen-bond acceptors (Lipinski definition) is 10. The van der Waals surface area contributed by atoms with Crippen LogP contribution in [-0.2, 0) is 4.74 Å². The second kappa shape index (κ2) is 14.5. The van der Waals surface area contributed by atoms with Gasteiger partial charge < -0.3 is 24.8 Å². The highest BCUT2D eigenvalue weighted by molar-refractivity contribution is 5.96. The van der Waals surface area contributed by atoms with Gasteiger partial charge in [-0.3, -0.25) is 37.0 Å². The fourth-order valence-corrected chi connectivity index (χ4v) is 4.59. The highest BCUT2D eigenvalue weighted by Gasteiger charge is 2.26. The molecule has 4 rings (SSSR count). The number of rotatable bonds is 9. The second-order valence-corrected chi connectivity index (χ2v) is 11.4. The Kier molecular flexibility index (Phi) is 10.5. The van der Waals surface area contributed by atoms with Crippen molar-refractivity contribution < 1.29 is 34.2 Å². The van der Waals surface area contributed by atoms with Crippen molar-refractivity contribution in [3.63, 3.8) is 0 Å². The molecule has 1 fully saturated rings. The van der Waals surface area contributed by atoms with Crippen LogP contribution in [0.5, 0.6) is 23.3 Å². The summed E-state index contributed by atoms with van der Waals surface area (Å²) >= 11 is 0. The number of pyridine rings is 1. The van der Waals surface area contributed by atoms with Crippen LogP contribution in [0.1, 0.15) is 67.9 Å². The Bertz CT molecular complexity index is 1430. The molecule has 238 valence electrons. The van der Waals surface area contributed by atoms with E-state index in [-0.39, 0.29) is 47.0 Å². The number of ether oxygens (including phenoxy) is 3. The summed E-state index contributed by atoms with van der Waals surface area (Å²) in [5.41, 5.74) is 4.09. The zero-order valence-electron chi connectivity index (χ0n) is 25.1. The average Bonchev–Trinajstić information content (AvgIpc) is 3.01. The molecule has 45 heavy (non-hydrogen) atoms. The van der Waals surface area contributed by atoms with E-state index in [0.717, 1.165) is 0 Å². The predicted octanol–water partition coefficient (Wildman–Crippen LogP) is 4.84. The van der Waals surface area contributed by atoms with E-state index in [9.17, 15) is 9.59 Å². The van der Waals surface area contributed by atoms with Crippen LogP contribution in [0.15, 0.2) is 60.7 Å². The van der Waals surface area contributed by atoms with Crippen LogP contribution in [0.2, 0.25) is 0 Å². The van der Waals surface area contributed by atoms with Gasteiger partial charge in [0, 0.05) is 35.3 Å². The standard InChI is InChI=1S/C31H37N7O7/c1-31(2,3)45-30(40)35-22-10-8-21(9-11-22)34-29(39)20-16-25(43-23-12-4-18(5-13-23)27(32)37-41)36-26(17-20)44-24-14-6-19(7-15-24)28(33)38-42/h4-7,12-17,21-22,41-42H,8-11H2,1-3H3,(H2,32,37)(H2,33,38)(H,34,39)(H,35,40). The fraction of sp³-hybridized carbons (Fsp3) is 0.323. The molecular formula is C31H37N7O7. The Balaban J connectivity index is 1.48. The van der Waals surface area contributed by atoms with Crippen molar-refractivity contribution in [2.45, 2.75) is 64.1 Å². The van der Waals surface area contributed by atoms with E-state index in [0.29, 0.717) is 48.3 Å². The molecule has 0 saturated heterocycles. The third-order valence-corrected chi connectivity index (χ3v) is 6.78. The molecule has 2 aromatic carbocycles. The summed E-state index contributed by atoms with van der Waals surface area (Å²) in [5.74, 6) is 0.180. The van der Waals surface area contributed by atoms with Gasteiger partial charge in [0.15, 0.2) is 0 Å². The summed E-state index contributed by atoms with van der Waals surface area (Å²) in [6, 6.07) is 15.5. The lowest BCUT2D eigenvalue weighted by Crippen LogP contribution is -2.45. The summed E-state index contributed by atoms with van der Waals surface area (Å²) in [4.78, 5) is 29.9. The van der Waals surface area contributed by atoms with Crippen LogP contribution in [0.25, 0.3) is 0 Å². The molecule has 2 amide bonds. The number of hydrogen-bond donors (Lipinski definition) is 8. The highest BCUT2D eigenvalue weighted by atomic mass is 16.6. The quantitative estimate of drug-likeness (QED) is 0.0927. The number of amidine groups is 2. The lowest BCUT2D eigenvalue weighted by atomic mass is 9.91. The van der Waals surface area contributed by atoms with E-state index < -0.39 is 11.7 Å². The third-order valence-electron chi connectivity index (χ3n) is 6.78. The van der Waals surface area contributed by atoms with Crippen molar-refractivity contribution in [1.82, 2.24) is 26.6 Å². The zero-order chi connectivity index (χ0) is 32.6. The highest BCUT2D eigenvalue weighted by Crippen LogP contribution is 2.28. The number of aromatic nitrogens is 1. The van der Waals surface area contributed by atoms with Crippen molar-refractivity contribution >= 4 is 23.7 Å². The number of carbonyl (C=O) groups is 2. The van der Waals surface area contributed by atoms with Crippen LogP contribution < -0.4 is 31.1 Å². The van der Waals surface area contributed by atoms with Gasteiger partial charge in [0.05, 0.1) is 5.56 Å². The lowest BCUT2D eigenvalue weighted by molar-refractivity contribution is 0.0488. The Hall–Kier alpha value is -5.21. The minimum absolute atomic E-state index is 0.0412. The topological polar surface area (TPSA) is 211 Å². The van der Waals surface area contributed by atoms with Crippen LogP contribution in [0, 0.1) is 10.8 Å². The summed E-state index contributed by atoms with van der Waals surface area (Å²) < 4.78 is 17.2. The van der Waals surface area contributed by atoms with E-state index >= 15 is 0 Å². The Morgan fingerprint density at radius 2 is 1.16 bits per heavy atom. The van der Waals surface area contributed by atoms with Crippen molar-refractivity contribution in [3.8, 4) is 23.3 Å². The van der Waals surface area contributed by atoms with E-state index in [1.165, 1.54) is 12.1 Å². The molecule has 1 aliphatic carbocycles. The molecule has 1 aromatic heterocycles. The molecule has 1 aliphatic rings. The molecule has 14 heteroatoms. The molecule has 1 saturated carbocycles. The van der Waals surface area contributed by atoms with E-state index in [4.69, 9.17) is 35.4 Å². The van der Waals surface area contributed by atoms with Gasteiger partial charge in [-0.15, -0.1) is 0 Å². The minimum Gasteiger partial charge on any atom is -0.444 e. The van der Waals surface area contributed by atoms with E-state index in [1.54, 1.807) is 59.5 Å². The first-order valence-corrected chi connectivity index (χ1v) is 14.3. The summed E-state index contributed by atoms with van der Waals surface area (Å²) in [5, 5.41) is 39.2. The van der Waals surface area contributed by atoms with Gasteiger partial charge >= 0.3 is 6.09 Å². The zero-order valence-corrected chi connectivity index (χ0v) is 25.1. The minimum atomic E-state index is -0.583. The van der Waals surface area contributed by atoms with Crippen molar-refractivity contribution in [2.75, 3.05) is 0 Å². The molecular weight excluding hydrogens is 582 g/mol. The summed E-state index contributed by atoms with van der Waals surface area (Å²) in [6.07, 6.45) is 2.24. The maximum atomic E-state index is 13.4. The SMILES string of the molecule is CC(C)(C)OC(=O)NC1CCC(NC(=O)c2cc(Oc3ccc(C(=N)NO)cc3)nc(Oc3ccc(C(=N)NO)cc3)c2)CC1. The number of amides is 2. The number of nitrogens with zero attached hydrogens (tertiary/aromatic N) is 1. The predicted molar refractivity (Wildman–Crippen MR) is 164 cm³/mol. The maximum Gasteiger partial charge on any atom is 0.407 e. The number of carbonyl (C=O) groups excluding carboxylic acids is 2. The first-order chi connectivity index (χ1) is 21.4. The van der Waals surface area contributed by atoms with Gasteiger partial charge in [0.2, 0.25) is 11.8 Å². The molecule has 14 nitrogen and oxygen atoms in total. The number of nitrogens with one attached hydrogen (secondary N) is 6. The molecule has 0 unspecified atom stereocenters. The monoisotopic (exact) mass is 619 g/mol. The first-order valence-electron chi connectivity index (χ1n) is 14.3. The first kappa shape index (κ1) is 32.7. The smallest absolute Gasteiger partial charge is 0.407 e. The molecule has 0 bridgehead atoms. The Morgan fingerprint density at radius 1 is 0.733 bits per heavy atom. The van der Waals surface area contributed by atoms with Crippen molar-refractivity contribution in [1.29, 1.82) is 10.8 Å². The van der Waals surface area contributed by atoms with Crippen molar-refractivity contribution in [2.24, 2.45) is 0 Å². The number of benzene rings is 2. The van der Waals surface area contributed by atoms with E-state index in [1.807, 2.05) is 20.8 Å². The summed E-state index contributed by atoms with van der Waals surface area (Å²) in [7, 11) is 0. The molecule has 0 atom stereocenters. The maximum absolute atomic E-state index is 13.4. The normalized spacial score (nSPS) is 16.1. The molecule has 8 N–H and O–H groups in total. The Morgan fingerprint density at radius 3 is 1.56 bits per heavy atom. The van der Waals surface area contributed by atoms with Gasteiger partial charge in [-0.2, -0.15) is 4.98 Å². The van der Waals surface area contributed by atoms with Crippen molar-refractivity contribution in [3.05, 3.63) is 77.4 Å². The second-order valence-electron chi connectivity index (χ2n) is 11.4. The van der Waals surface area contributed by atoms with Gasteiger partial charge in [-0.1, -0.05) is 0 Å². The van der Waals surface area contributed by atoms with Gasteiger partial charge in [0.1, 0.15) is 28.8 Å². The summed E-state index contributed by atoms with van der Waals surface area (Å²) in [6.45, 7) is 5.43. The van der Waals surface area contributed by atoms with Crippen LogP contribution in [0.4, 0.5) is 4.79 Å². The van der Waals surface area contributed by atoms with Crippen LogP contribution in [0.3, 0.4) is 0 Å². The van der Waals surface area contributed by atoms with Gasteiger partial charge in [0.25, 0.3) is 5.91 Å². The molecule has 0 radical (unpaired) electrons. The van der Waals surface area contributed by atoms with Crippen LogP contribution >= 0.6 is 0 Å². The van der Waals surface area contributed by atoms with Gasteiger partial charge in [-0.05, 0) is 95.0 Å². The largest absolute Gasteiger partial charge is 0.444 e. The molecule has 0 spiro atoms. The number of hydroxylamine groups is 2. The van der Waals surface area contributed by atoms with Crippen LogP contribution in [-0.4, -0.2) is 56.8 Å². The number of alkyl carbamates (subject to hydrolysis) is 1. The lowest BCUT2D eigenvalue weighted by Gasteiger charge is -2.30. The molecule has 0 aliphatic heterocycles. The Labute approximate surface area is 260 Å².